The average Bonchev–Trinajstić information content (AvgIpc) is 3.22. The van der Waals surface area contributed by atoms with E-state index in [4.69, 9.17) is 4.74 Å². The third-order valence-corrected chi connectivity index (χ3v) is 17.4. The first-order valence-corrected chi connectivity index (χ1v) is 21.4. The molecule has 9 aromatic rings. The minimum Gasteiger partial charge on any atom is -0.493 e. The number of rotatable bonds is 11. The van der Waals surface area contributed by atoms with Crippen LogP contribution >= 0.6 is 15.2 Å². The van der Waals surface area contributed by atoms with Crippen LogP contribution in [-0.2, 0) is 0 Å². The zero-order valence-electron chi connectivity index (χ0n) is 29.0. The molecule has 250 valence electrons. The maximum absolute atomic E-state index is 6.53. The zero-order chi connectivity index (χ0) is 34.7. The van der Waals surface area contributed by atoms with E-state index >= 15 is 0 Å². The molecule has 0 saturated carbocycles. The maximum atomic E-state index is 6.53. The first-order valence-electron chi connectivity index (χ1n) is 18.1. The molecule has 9 aromatic carbocycles. The second-order valence-corrected chi connectivity index (χ2v) is 19.1. The third-order valence-electron chi connectivity index (χ3n) is 10.4. The van der Waals surface area contributed by atoms with Crippen molar-refractivity contribution < 1.29 is 4.74 Å². The van der Waals surface area contributed by atoms with Gasteiger partial charge in [0.2, 0.25) is 0 Å². The molecule has 0 saturated heterocycles. The Hall–Kier alpha value is -5.32. The molecule has 0 fully saturated rings. The lowest BCUT2D eigenvalue weighted by atomic mass is 9.94. The van der Waals surface area contributed by atoms with Crippen molar-refractivity contribution in [3.05, 3.63) is 200 Å². The molecule has 1 unspecified atom stereocenters. The molecular formula is C49H39OP2+. The summed E-state index contributed by atoms with van der Waals surface area (Å²) in [5.74, 6) is 0.921. The van der Waals surface area contributed by atoms with Crippen molar-refractivity contribution in [1.82, 2.24) is 0 Å². The molecule has 0 heterocycles. The molecule has 0 aliphatic heterocycles. The lowest BCUT2D eigenvalue weighted by Gasteiger charge is -2.27. The average molecular weight is 706 g/mol. The second kappa shape index (κ2) is 14.4. The Bertz CT molecular complexity index is 2440. The van der Waals surface area contributed by atoms with E-state index in [9.17, 15) is 0 Å². The predicted molar refractivity (Wildman–Crippen MR) is 229 cm³/mol. The third kappa shape index (κ3) is 5.95. The highest BCUT2D eigenvalue weighted by Gasteiger charge is 2.44. The molecule has 0 amide bonds. The fourth-order valence-electron chi connectivity index (χ4n) is 7.98. The SMILES string of the molecule is c1ccc(P(c2ccc(OCCC[P+](c3ccccc3)(c3ccccc3)c3ccccc3)cc2)c2ccc3ccc4cccc5ccc2c3c45)cc1. The summed E-state index contributed by atoms with van der Waals surface area (Å²) in [6.45, 7) is 0.663. The van der Waals surface area contributed by atoms with Gasteiger partial charge in [-0.1, -0.05) is 152 Å². The summed E-state index contributed by atoms with van der Waals surface area (Å²) < 4.78 is 6.53. The van der Waals surface area contributed by atoms with Gasteiger partial charge in [0.1, 0.15) is 28.9 Å². The highest BCUT2D eigenvalue weighted by atomic mass is 31.2. The van der Waals surface area contributed by atoms with Gasteiger partial charge in [-0.05, 0) is 105 Å². The molecule has 9 rings (SSSR count). The summed E-state index contributed by atoms with van der Waals surface area (Å²) >= 11 is 0. The Morgan fingerprint density at radius 2 is 0.885 bits per heavy atom. The lowest BCUT2D eigenvalue weighted by molar-refractivity contribution is 0.318. The van der Waals surface area contributed by atoms with E-state index in [0.717, 1.165) is 18.3 Å². The standard InChI is InChI=1S/C49H39OP2/c1-5-17-41(18-6-1)51(47-34-28-39-26-25-37-15-13-16-38-27-33-46(47)49(39)48(37)38)42-31-29-40(30-32-42)50-35-14-36-52(43-19-7-2-8-20-43,44-21-9-3-10-22-44)45-23-11-4-12-24-45/h1-13,15-34H,14,35-36H2/q+1. The van der Waals surface area contributed by atoms with Crippen molar-refractivity contribution in [2.24, 2.45) is 0 Å². The molecule has 1 atom stereocenters. The maximum Gasteiger partial charge on any atom is 0.119 e. The molecule has 0 aliphatic carbocycles. The first kappa shape index (κ1) is 32.6. The summed E-state index contributed by atoms with van der Waals surface area (Å²) in [5.41, 5.74) is 0. The van der Waals surface area contributed by atoms with Crippen molar-refractivity contribution in [2.45, 2.75) is 6.42 Å². The van der Waals surface area contributed by atoms with Crippen molar-refractivity contribution >= 4 is 79.3 Å². The summed E-state index contributed by atoms with van der Waals surface area (Å²) in [5, 5.41) is 16.3. The highest BCUT2D eigenvalue weighted by Crippen LogP contribution is 2.55. The Morgan fingerprint density at radius 1 is 0.404 bits per heavy atom. The van der Waals surface area contributed by atoms with Gasteiger partial charge in [0, 0.05) is 6.42 Å². The number of benzene rings is 9. The van der Waals surface area contributed by atoms with Crippen molar-refractivity contribution in [3.8, 4) is 5.75 Å². The molecule has 52 heavy (non-hydrogen) atoms. The molecule has 0 aliphatic rings. The molecule has 0 aromatic heterocycles. The van der Waals surface area contributed by atoms with Crippen LogP contribution in [0, 0.1) is 0 Å². The number of hydrogen-bond donors (Lipinski definition) is 0. The smallest absolute Gasteiger partial charge is 0.119 e. The molecule has 0 bridgehead atoms. The van der Waals surface area contributed by atoms with Crippen LogP contribution in [0.3, 0.4) is 0 Å². The molecular weight excluding hydrogens is 666 g/mol. The lowest BCUT2D eigenvalue weighted by Crippen LogP contribution is -2.33. The van der Waals surface area contributed by atoms with Crippen LogP contribution in [-0.4, -0.2) is 12.8 Å². The molecule has 1 nitrogen and oxygen atoms in total. The fourth-order valence-corrected chi connectivity index (χ4v) is 14.7. The van der Waals surface area contributed by atoms with Gasteiger partial charge in [-0.3, -0.25) is 0 Å². The summed E-state index contributed by atoms with van der Waals surface area (Å²) in [4.78, 5) is 0. The van der Waals surface area contributed by atoms with Gasteiger partial charge < -0.3 is 4.74 Å². The van der Waals surface area contributed by atoms with E-state index in [1.165, 1.54) is 64.1 Å². The number of hydrogen-bond acceptors (Lipinski definition) is 1. The quantitative estimate of drug-likeness (QED) is 0.0740. The van der Waals surface area contributed by atoms with Gasteiger partial charge >= 0.3 is 0 Å². The minimum absolute atomic E-state index is 0.663. The van der Waals surface area contributed by atoms with E-state index in [2.05, 4.69) is 200 Å². The number of ether oxygens (including phenoxy) is 1. The topological polar surface area (TPSA) is 9.23 Å². The Morgan fingerprint density at radius 3 is 1.46 bits per heavy atom. The van der Waals surface area contributed by atoms with Crippen LogP contribution in [0.1, 0.15) is 6.42 Å². The predicted octanol–water partition coefficient (Wildman–Crippen LogP) is 10.1. The fraction of sp³-hybridized carbons (Fsp3) is 0.0612. The van der Waals surface area contributed by atoms with Crippen molar-refractivity contribution in [1.29, 1.82) is 0 Å². The van der Waals surface area contributed by atoms with Crippen molar-refractivity contribution in [2.75, 3.05) is 12.8 Å². The molecule has 0 spiro atoms. The minimum atomic E-state index is -1.88. The first-order chi connectivity index (χ1) is 25.8. The second-order valence-electron chi connectivity index (χ2n) is 13.3. The van der Waals surface area contributed by atoms with Crippen LogP contribution in [0.5, 0.6) is 5.75 Å². The van der Waals surface area contributed by atoms with E-state index in [1.807, 2.05) is 0 Å². The summed E-state index contributed by atoms with van der Waals surface area (Å²) in [6.07, 6.45) is 1.99. The molecule has 0 N–H and O–H groups in total. The largest absolute Gasteiger partial charge is 0.493 e. The van der Waals surface area contributed by atoms with Crippen LogP contribution in [0.4, 0.5) is 0 Å². The summed E-state index contributed by atoms with van der Waals surface area (Å²) in [6, 6.07) is 73.8. The van der Waals surface area contributed by atoms with Crippen LogP contribution in [0.25, 0.3) is 32.3 Å². The zero-order valence-corrected chi connectivity index (χ0v) is 30.8. The van der Waals surface area contributed by atoms with Gasteiger partial charge in [0.15, 0.2) is 0 Å². The van der Waals surface area contributed by atoms with Crippen molar-refractivity contribution in [3.63, 3.8) is 0 Å². The summed E-state index contributed by atoms with van der Waals surface area (Å²) in [7, 11) is -2.68. The highest BCUT2D eigenvalue weighted by molar-refractivity contribution is 7.95. The van der Waals surface area contributed by atoms with E-state index in [-0.39, 0.29) is 0 Å². The van der Waals surface area contributed by atoms with Crippen LogP contribution in [0.2, 0.25) is 0 Å². The van der Waals surface area contributed by atoms with Gasteiger partial charge in [0.25, 0.3) is 0 Å². The molecule has 3 heteroatoms. The van der Waals surface area contributed by atoms with Gasteiger partial charge in [-0.25, -0.2) is 0 Å². The van der Waals surface area contributed by atoms with Gasteiger partial charge in [0.05, 0.1) is 12.8 Å². The van der Waals surface area contributed by atoms with Gasteiger partial charge in [-0.15, -0.1) is 0 Å². The van der Waals surface area contributed by atoms with Crippen LogP contribution < -0.4 is 36.6 Å². The normalized spacial score (nSPS) is 12.4. The molecule has 0 radical (unpaired) electrons. The monoisotopic (exact) mass is 705 g/mol. The van der Waals surface area contributed by atoms with Crippen LogP contribution in [0.15, 0.2) is 200 Å². The van der Waals surface area contributed by atoms with E-state index in [0.29, 0.717) is 6.61 Å². The Labute approximate surface area is 308 Å². The van der Waals surface area contributed by atoms with E-state index < -0.39 is 15.2 Å². The van der Waals surface area contributed by atoms with Gasteiger partial charge in [-0.2, -0.15) is 0 Å². The Kier molecular flexibility index (Phi) is 9.00. The van der Waals surface area contributed by atoms with E-state index in [1.54, 1.807) is 0 Å². The Balaban J connectivity index is 1.01.